The Balaban J connectivity index is 2.18. The van der Waals surface area contributed by atoms with E-state index in [1.54, 1.807) is 41.5 Å². The fraction of sp³-hybridized carbons (Fsp3) is 0.333. The van der Waals surface area contributed by atoms with E-state index in [4.69, 9.17) is 27.9 Å². The Morgan fingerprint density at radius 2 is 2.23 bits per heavy atom. The van der Waals surface area contributed by atoms with E-state index < -0.39 is 18.7 Å². The minimum absolute atomic E-state index is 0.0299. The number of imidazole rings is 1. The Hall–Kier alpha value is -1.59. The number of aromatic nitrogens is 2. The first-order chi connectivity index (χ1) is 10.6. The molecule has 0 N–H and O–H groups in total. The lowest BCUT2D eigenvalue weighted by Crippen LogP contribution is -2.17. The van der Waals surface area contributed by atoms with Gasteiger partial charge in [0.2, 0.25) is 0 Å². The molecule has 0 amide bonds. The van der Waals surface area contributed by atoms with E-state index in [9.17, 15) is 9.18 Å². The second-order valence-electron chi connectivity index (χ2n) is 4.70. The molecule has 0 fully saturated rings. The number of alkyl halides is 1. The monoisotopic (exact) mass is 344 g/mol. The van der Waals surface area contributed by atoms with E-state index >= 15 is 0 Å². The van der Waals surface area contributed by atoms with Crippen molar-refractivity contribution >= 4 is 29.2 Å². The zero-order chi connectivity index (χ0) is 15.9. The minimum Gasteiger partial charge on any atom is -0.455 e. The molecule has 2 rings (SSSR count). The Morgan fingerprint density at radius 3 is 2.86 bits per heavy atom. The molecule has 0 aliphatic carbocycles. The predicted molar refractivity (Wildman–Crippen MR) is 82.7 cm³/mol. The maximum Gasteiger partial charge on any atom is 0.306 e. The minimum atomic E-state index is -0.592. The molecule has 1 atom stereocenters. The quantitative estimate of drug-likeness (QED) is 0.706. The maximum atomic E-state index is 12.2. The fourth-order valence-corrected chi connectivity index (χ4v) is 2.51. The number of hydrogen-bond acceptors (Lipinski definition) is 3. The molecule has 1 aromatic carbocycles. The highest BCUT2D eigenvalue weighted by atomic mass is 35.5. The van der Waals surface area contributed by atoms with E-state index in [1.807, 2.05) is 0 Å². The number of rotatable bonds is 7. The number of carbonyl (C=O) groups excluding carboxylic acids is 1. The van der Waals surface area contributed by atoms with Crippen LogP contribution in [-0.2, 0) is 16.1 Å². The molecule has 0 radical (unpaired) electrons. The molecule has 2 aromatic rings. The standard InChI is InChI=1S/C15H15Cl2FN2O2/c16-11-3-4-12(13(17)8-11)14(9-20-7-6-19-10-20)22-15(21)2-1-5-18/h3-4,6-8,10,14H,1-2,5,9H2. The van der Waals surface area contributed by atoms with Crippen LogP contribution in [0.25, 0.3) is 0 Å². The molecule has 7 heteroatoms. The van der Waals surface area contributed by atoms with Crippen LogP contribution in [0, 0.1) is 0 Å². The predicted octanol–water partition coefficient (Wildman–Crippen LogP) is 4.22. The Bertz CT molecular complexity index is 620. The summed E-state index contributed by atoms with van der Waals surface area (Å²) in [6.45, 7) is -0.189. The third-order valence-corrected chi connectivity index (χ3v) is 3.60. The molecule has 22 heavy (non-hydrogen) atoms. The first kappa shape index (κ1) is 16.8. The second kappa shape index (κ2) is 8.15. The van der Waals surface area contributed by atoms with Crippen molar-refractivity contribution in [1.29, 1.82) is 0 Å². The van der Waals surface area contributed by atoms with Crippen LogP contribution < -0.4 is 0 Å². The molecule has 0 aliphatic heterocycles. The van der Waals surface area contributed by atoms with Crippen LogP contribution in [0.15, 0.2) is 36.9 Å². The van der Waals surface area contributed by atoms with Crippen molar-refractivity contribution in [3.05, 3.63) is 52.5 Å². The largest absolute Gasteiger partial charge is 0.455 e. The lowest BCUT2D eigenvalue weighted by molar-refractivity contribution is -0.150. The average Bonchev–Trinajstić information content (AvgIpc) is 2.97. The Morgan fingerprint density at radius 1 is 1.41 bits per heavy atom. The van der Waals surface area contributed by atoms with Gasteiger partial charge in [0.15, 0.2) is 0 Å². The van der Waals surface area contributed by atoms with Gasteiger partial charge in [-0.15, -0.1) is 0 Å². The van der Waals surface area contributed by atoms with Crippen LogP contribution >= 0.6 is 23.2 Å². The number of nitrogens with zero attached hydrogens (tertiary/aromatic N) is 2. The average molecular weight is 345 g/mol. The number of hydrogen-bond donors (Lipinski definition) is 0. The molecule has 4 nitrogen and oxygen atoms in total. The van der Waals surface area contributed by atoms with Crippen LogP contribution in [0.1, 0.15) is 24.5 Å². The van der Waals surface area contributed by atoms with E-state index in [-0.39, 0.29) is 12.8 Å². The zero-order valence-electron chi connectivity index (χ0n) is 11.7. The third-order valence-electron chi connectivity index (χ3n) is 3.03. The molecule has 0 saturated carbocycles. The zero-order valence-corrected chi connectivity index (χ0v) is 13.2. The van der Waals surface area contributed by atoms with Gasteiger partial charge >= 0.3 is 5.97 Å². The van der Waals surface area contributed by atoms with Crippen LogP contribution in [-0.4, -0.2) is 22.2 Å². The number of benzene rings is 1. The van der Waals surface area contributed by atoms with Gasteiger partial charge < -0.3 is 9.30 Å². The number of carbonyl (C=O) groups is 1. The molecule has 1 unspecified atom stereocenters. The summed E-state index contributed by atoms with van der Waals surface area (Å²) in [5.41, 5.74) is 0.647. The van der Waals surface area contributed by atoms with Gasteiger partial charge in [-0.2, -0.15) is 0 Å². The number of esters is 1. The molecule has 0 bridgehead atoms. The molecule has 1 heterocycles. The van der Waals surface area contributed by atoms with Crippen molar-refractivity contribution in [2.45, 2.75) is 25.5 Å². The molecule has 0 saturated heterocycles. The third kappa shape index (κ3) is 4.71. The highest BCUT2D eigenvalue weighted by molar-refractivity contribution is 6.35. The topological polar surface area (TPSA) is 44.1 Å². The van der Waals surface area contributed by atoms with Gasteiger partial charge in [-0.3, -0.25) is 9.18 Å². The summed E-state index contributed by atoms with van der Waals surface area (Å²) in [7, 11) is 0. The van der Waals surface area contributed by atoms with E-state index in [2.05, 4.69) is 4.98 Å². The lowest BCUT2D eigenvalue weighted by atomic mass is 10.1. The van der Waals surface area contributed by atoms with Crippen molar-refractivity contribution in [3.8, 4) is 0 Å². The van der Waals surface area contributed by atoms with Crippen LogP contribution in [0.5, 0.6) is 0 Å². The van der Waals surface area contributed by atoms with Gasteiger partial charge in [0.1, 0.15) is 6.10 Å². The van der Waals surface area contributed by atoms with Crippen molar-refractivity contribution in [2.75, 3.05) is 6.67 Å². The van der Waals surface area contributed by atoms with E-state index in [0.29, 0.717) is 22.2 Å². The summed E-state index contributed by atoms with van der Waals surface area (Å²) >= 11 is 12.1. The smallest absolute Gasteiger partial charge is 0.306 e. The molecule has 1 aromatic heterocycles. The van der Waals surface area contributed by atoms with Gasteiger partial charge in [0, 0.05) is 34.4 Å². The maximum absolute atomic E-state index is 12.2. The number of halogens is 3. The highest BCUT2D eigenvalue weighted by Crippen LogP contribution is 2.30. The fourth-order valence-electron chi connectivity index (χ4n) is 1.98. The van der Waals surface area contributed by atoms with Gasteiger partial charge in [-0.05, 0) is 18.6 Å². The van der Waals surface area contributed by atoms with Gasteiger partial charge in [0.25, 0.3) is 0 Å². The second-order valence-corrected chi connectivity index (χ2v) is 5.54. The molecule has 118 valence electrons. The summed E-state index contributed by atoms with van der Waals surface area (Å²) in [5, 5.41) is 0.912. The summed E-state index contributed by atoms with van der Waals surface area (Å²) in [5.74, 6) is -0.464. The van der Waals surface area contributed by atoms with Gasteiger partial charge in [0.05, 0.1) is 19.5 Å². The SMILES string of the molecule is O=C(CCCF)OC(Cn1ccnc1)c1ccc(Cl)cc1Cl. The number of ether oxygens (including phenoxy) is 1. The summed E-state index contributed by atoms with van der Waals surface area (Å²) in [6.07, 6.45) is 4.59. The van der Waals surface area contributed by atoms with Crippen LogP contribution in [0.2, 0.25) is 10.0 Å². The van der Waals surface area contributed by atoms with Crippen molar-refractivity contribution in [3.63, 3.8) is 0 Å². The molecule has 0 spiro atoms. The van der Waals surface area contributed by atoms with Crippen LogP contribution in [0.4, 0.5) is 4.39 Å². The first-order valence-corrected chi connectivity index (χ1v) is 7.52. The van der Waals surface area contributed by atoms with E-state index in [1.165, 1.54) is 0 Å². The lowest BCUT2D eigenvalue weighted by Gasteiger charge is -2.20. The highest BCUT2D eigenvalue weighted by Gasteiger charge is 2.20. The molecular weight excluding hydrogens is 330 g/mol. The first-order valence-electron chi connectivity index (χ1n) is 6.76. The van der Waals surface area contributed by atoms with Crippen LogP contribution in [0.3, 0.4) is 0 Å². The van der Waals surface area contributed by atoms with Gasteiger partial charge in [-0.1, -0.05) is 29.3 Å². The molecule has 0 aliphatic rings. The van der Waals surface area contributed by atoms with Crippen molar-refractivity contribution in [2.24, 2.45) is 0 Å². The van der Waals surface area contributed by atoms with Crippen molar-refractivity contribution < 1.29 is 13.9 Å². The summed E-state index contributed by atoms with van der Waals surface area (Å²) < 4.78 is 19.4. The van der Waals surface area contributed by atoms with Crippen molar-refractivity contribution in [1.82, 2.24) is 9.55 Å². The summed E-state index contributed by atoms with van der Waals surface area (Å²) in [6, 6.07) is 4.99. The normalized spacial score (nSPS) is 12.1. The van der Waals surface area contributed by atoms with Gasteiger partial charge in [-0.25, -0.2) is 4.98 Å². The Kier molecular flexibility index (Phi) is 6.21. The molecular formula is C15H15Cl2FN2O2. The Labute approximate surface area is 137 Å². The van der Waals surface area contributed by atoms with E-state index in [0.717, 1.165) is 0 Å². The summed E-state index contributed by atoms with van der Waals surface area (Å²) in [4.78, 5) is 15.8.